The lowest BCUT2D eigenvalue weighted by molar-refractivity contribution is -0.144. The Bertz CT molecular complexity index is 355. The molecule has 1 heterocycles. The van der Waals surface area contributed by atoms with Crippen molar-refractivity contribution in [1.82, 2.24) is 4.90 Å². The maximum atomic E-state index is 12.2. The normalized spacial score (nSPS) is 29.3. The second-order valence-electron chi connectivity index (χ2n) is 5.33. The molecule has 0 aromatic carbocycles. The van der Waals surface area contributed by atoms with E-state index in [9.17, 15) is 14.4 Å². The number of carbonyl (C=O) groups is 3. The minimum absolute atomic E-state index is 0.00639. The zero-order chi connectivity index (χ0) is 13.3. The van der Waals surface area contributed by atoms with Crippen LogP contribution >= 0.6 is 0 Å². The Labute approximate surface area is 106 Å². The Kier molecular flexibility index (Phi) is 3.68. The largest absolute Gasteiger partial charge is 0.481 e. The number of aliphatic carboxylic acids is 1. The molecule has 5 heteroatoms. The van der Waals surface area contributed by atoms with Crippen LogP contribution in [-0.2, 0) is 14.4 Å². The molecule has 0 bridgehead atoms. The predicted octanol–water partition coefficient (Wildman–Crippen LogP) is 1.41. The molecule has 2 rings (SSSR count). The van der Waals surface area contributed by atoms with Gasteiger partial charge in [-0.15, -0.1) is 0 Å². The maximum Gasteiger partial charge on any atom is 0.303 e. The van der Waals surface area contributed by atoms with Crippen LogP contribution in [0.15, 0.2) is 0 Å². The molecule has 1 saturated heterocycles. The molecular weight excluding hydrogens is 234 g/mol. The van der Waals surface area contributed by atoms with Crippen molar-refractivity contribution in [2.75, 3.05) is 0 Å². The standard InChI is InChI=1S/C13H19NO4/c1-8(6-7-11(15)16)14-12(17)9-4-2-3-5-10(9)13(14)18/h8-10H,2-7H2,1H3,(H,15,16). The summed E-state index contributed by atoms with van der Waals surface area (Å²) in [6.07, 6.45) is 3.96. The summed E-state index contributed by atoms with van der Waals surface area (Å²) in [7, 11) is 0. The van der Waals surface area contributed by atoms with Crippen molar-refractivity contribution in [1.29, 1.82) is 0 Å². The Morgan fingerprint density at radius 3 is 2.22 bits per heavy atom. The Morgan fingerprint density at radius 1 is 1.28 bits per heavy atom. The highest BCUT2D eigenvalue weighted by Gasteiger charge is 2.49. The fourth-order valence-electron chi connectivity index (χ4n) is 3.08. The molecule has 0 aromatic rings. The molecular formula is C13H19NO4. The van der Waals surface area contributed by atoms with Gasteiger partial charge in [-0.1, -0.05) is 12.8 Å². The first-order valence-electron chi connectivity index (χ1n) is 6.61. The summed E-state index contributed by atoms with van der Waals surface area (Å²) < 4.78 is 0. The molecule has 2 aliphatic rings. The zero-order valence-electron chi connectivity index (χ0n) is 10.6. The fourth-order valence-corrected chi connectivity index (χ4v) is 3.08. The third-order valence-electron chi connectivity index (χ3n) is 4.09. The van der Waals surface area contributed by atoms with Crippen LogP contribution in [0.2, 0.25) is 0 Å². The summed E-state index contributed by atoms with van der Waals surface area (Å²) in [5, 5.41) is 8.65. The van der Waals surface area contributed by atoms with Crippen molar-refractivity contribution in [3.8, 4) is 0 Å². The molecule has 1 N–H and O–H groups in total. The van der Waals surface area contributed by atoms with Crippen molar-refractivity contribution in [3.05, 3.63) is 0 Å². The molecule has 5 nitrogen and oxygen atoms in total. The Hall–Kier alpha value is -1.39. The highest BCUT2D eigenvalue weighted by molar-refractivity contribution is 6.05. The Morgan fingerprint density at radius 2 is 1.78 bits per heavy atom. The van der Waals surface area contributed by atoms with E-state index in [4.69, 9.17) is 5.11 Å². The number of hydrogen-bond donors (Lipinski definition) is 1. The predicted molar refractivity (Wildman–Crippen MR) is 63.6 cm³/mol. The molecule has 2 amide bonds. The summed E-state index contributed by atoms with van der Waals surface area (Å²) in [4.78, 5) is 36.3. The van der Waals surface area contributed by atoms with Gasteiger partial charge in [0.1, 0.15) is 0 Å². The number of imide groups is 1. The van der Waals surface area contributed by atoms with Gasteiger partial charge in [-0.05, 0) is 26.2 Å². The van der Waals surface area contributed by atoms with Crippen LogP contribution in [0.1, 0.15) is 45.4 Å². The summed E-state index contributed by atoms with van der Waals surface area (Å²) in [5.41, 5.74) is 0. The molecule has 0 aromatic heterocycles. The fraction of sp³-hybridized carbons (Fsp3) is 0.769. The number of carbonyl (C=O) groups excluding carboxylic acids is 2. The monoisotopic (exact) mass is 253 g/mol. The number of amides is 2. The lowest BCUT2D eigenvalue weighted by atomic mass is 9.81. The van der Waals surface area contributed by atoms with Gasteiger partial charge < -0.3 is 5.11 Å². The average molecular weight is 253 g/mol. The topological polar surface area (TPSA) is 74.7 Å². The third kappa shape index (κ3) is 2.26. The van der Waals surface area contributed by atoms with Crippen LogP contribution < -0.4 is 0 Å². The van der Waals surface area contributed by atoms with Gasteiger partial charge in [0.15, 0.2) is 0 Å². The van der Waals surface area contributed by atoms with Gasteiger partial charge >= 0.3 is 5.97 Å². The number of nitrogens with zero attached hydrogens (tertiary/aromatic N) is 1. The van der Waals surface area contributed by atoms with E-state index in [0.717, 1.165) is 25.7 Å². The van der Waals surface area contributed by atoms with Gasteiger partial charge in [-0.25, -0.2) is 0 Å². The van der Waals surface area contributed by atoms with Gasteiger partial charge in [-0.2, -0.15) is 0 Å². The van der Waals surface area contributed by atoms with E-state index in [1.165, 1.54) is 4.90 Å². The van der Waals surface area contributed by atoms with Crippen LogP contribution in [0.3, 0.4) is 0 Å². The molecule has 1 aliphatic heterocycles. The van der Waals surface area contributed by atoms with E-state index < -0.39 is 5.97 Å². The first-order valence-corrected chi connectivity index (χ1v) is 6.61. The maximum absolute atomic E-state index is 12.2. The highest BCUT2D eigenvalue weighted by Crippen LogP contribution is 2.39. The van der Waals surface area contributed by atoms with E-state index in [1.54, 1.807) is 6.92 Å². The molecule has 0 radical (unpaired) electrons. The van der Waals surface area contributed by atoms with Crippen molar-refractivity contribution in [2.24, 2.45) is 11.8 Å². The van der Waals surface area contributed by atoms with Crippen molar-refractivity contribution >= 4 is 17.8 Å². The van der Waals surface area contributed by atoms with Crippen LogP contribution in [0.4, 0.5) is 0 Å². The lowest BCUT2D eigenvalue weighted by Crippen LogP contribution is -2.39. The Balaban J connectivity index is 2.06. The SMILES string of the molecule is CC(CCC(=O)O)N1C(=O)C2CCCCC2C1=O. The minimum Gasteiger partial charge on any atom is -0.481 e. The molecule has 3 unspecified atom stereocenters. The summed E-state index contributed by atoms with van der Waals surface area (Å²) in [6, 6.07) is -0.299. The van der Waals surface area contributed by atoms with E-state index in [2.05, 4.69) is 0 Å². The quantitative estimate of drug-likeness (QED) is 0.769. The smallest absolute Gasteiger partial charge is 0.303 e. The number of carboxylic acid groups (broad SMARTS) is 1. The molecule has 0 spiro atoms. The average Bonchev–Trinajstić information content (AvgIpc) is 2.60. The van der Waals surface area contributed by atoms with E-state index in [-0.39, 0.29) is 36.1 Å². The summed E-state index contributed by atoms with van der Waals surface area (Å²) >= 11 is 0. The first kappa shape index (κ1) is 13.1. The first-order chi connectivity index (χ1) is 8.52. The van der Waals surface area contributed by atoms with E-state index in [1.807, 2.05) is 0 Å². The highest BCUT2D eigenvalue weighted by atomic mass is 16.4. The van der Waals surface area contributed by atoms with Crippen molar-refractivity contribution in [3.63, 3.8) is 0 Å². The number of rotatable bonds is 4. The zero-order valence-corrected chi connectivity index (χ0v) is 10.6. The molecule has 1 aliphatic carbocycles. The number of hydrogen-bond acceptors (Lipinski definition) is 3. The van der Waals surface area contributed by atoms with Gasteiger partial charge in [-0.3, -0.25) is 19.3 Å². The number of fused-ring (bicyclic) bond motifs is 1. The van der Waals surface area contributed by atoms with Crippen molar-refractivity contribution < 1.29 is 19.5 Å². The molecule has 18 heavy (non-hydrogen) atoms. The van der Waals surface area contributed by atoms with E-state index in [0.29, 0.717) is 6.42 Å². The van der Waals surface area contributed by atoms with Crippen LogP contribution in [0.25, 0.3) is 0 Å². The van der Waals surface area contributed by atoms with Crippen LogP contribution in [0, 0.1) is 11.8 Å². The molecule has 100 valence electrons. The molecule has 2 fully saturated rings. The molecule has 1 saturated carbocycles. The van der Waals surface area contributed by atoms with Gasteiger partial charge in [0.2, 0.25) is 11.8 Å². The second-order valence-corrected chi connectivity index (χ2v) is 5.33. The van der Waals surface area contributed by atoms with Gasteiger partial charge in [0.05, 0.1) is 11.8 Å². The van der Waals surface area contributed by atoms with Gasteiger partial charge in [0, 0.05) is 12.5 Å². The van der Waals surface area contributed by atoms with E-state index >= 15 is 0 Å². The van der Waals surface area contributed by atoms with Crippen molar-refractivity contribution in [2.45, 2.75) is 51.5 Å². The number of carboxylic acids is 1. The summed E-state index contributed by atoms with van der Waals surface area (Å²) in [5.74, 6) is -1.33. The van der Waals surface area contributed by atoms with Crippen LogP contribution in [-0.4, -0.2) is 33.8 Å². The minimum atomic E-state index is -0.890. The molecule has 3 atom stereocenters. The number of likely N-dealkylation sites (tertiary alicyclic amines) is 1. The third-order valence-corrected chi connectivity index (χ3v) is 4.09. The lowest BCUT2D eigenvalue weighted by Gasteiger charge is -2.22. The second kappa shape index (κ2) is 5.08. The summed E-state index contributed by atoms with van der Waals surface area (Å²) in [6.45, 7) is 1.76. The van der Waals surface area contributed by atoms with Crippen LogP contribution in [0.5, 0.6) is 0 Å². The van der Waals surface area contributed by atoms with Gasteiger partial charge in [0.25, 0.3) is 0 Å².